The number of likely N-dealkylation sites (N-methyl/N-ethyl adjacent to an activating group) is 1. The van der Waals surface area contributed by atoms with Crippen LogP contribution in [0.4, 0.5) is 8.78 Å². The summed E-state index contributed by atoms with van der Waals surface area (Å²) in [7, 11) is 1.86. The number of aromatic hydroxyl groups is 1. The molecule has 0 spiro atoms. The van der Waals surface area contributed by atoms with E-state index < -0.39 is 52.9 Å². The number of esters is 1. The van der Waals surface area contributed by atoms with Crippen molar-refractivity contribution in [2.24, 2.45) is 16.5 Å². The summed E-state index contributed by atoms with van der Waals surface area (Å²) in [6, 6.07) is 10.1. The molecule has 2 aromatic carbocycles. The summed E-state index contributed by atoms with van der Waals surface area (Å²) >= 11 is 0. The van der Waals surface area contributed by atoms with Gasteiger partial charge in [0.15, 0.2) is 17.6 Å². The number of nitrogens with two attached hydrogens (primary N) is 2. The summed E-state index contributed by atoms with van der Waals surface area (Å²) in [4.78, 5) is 34.2. The zero-order valence-corrected chi connectivity index (χ0v) is 23.8. The molecule has 44 heavy (non-hydrogen) atoms. The number of aliphatic imine (C=N–C) groups is 1. The van der Waals surface area contributed by atoms with Crippen molar-refractivity contribution in [2.75, 3.05) is 26.7 Å². The van der Waals surface area contributed by atoms with Crippen molar-refractivity contribution in [1.29, 1.82) is 5.41 Å². The van der Waals surface area contributed by atoms with Crippen LogP contribution in [-0.4, -0.2) is 71.4 Å². The summed E-state index contributed by atoms with van der Waals surface area (Å²) in [5, 5.41) is 17.9. The van der Waals surface area contributed by atoms with Crippen LogP contribution in [0.1, 0.15) is 30.9 Å². The van der Waals surface area contributed by atoms with Crippen molar-refractivity contribution in [2.45, 2.75) is 25.9 Å². The van der Waals surface area contributed by atoms with Crippen LogP contribution >= 0.6 is 0 Å². The van der Waals surface area contributed by atoms with Gasteiger partial charge in [-0.3, -0.25) is 15.2 Å². The van der Waals surface area contributed by atoms with Gasteiger partial charge >= 0.3 is 5.97 Å². The second kappa shape index (κ2) is 13.7. The molecule has 0 radical (unpaired) electrons. The molecule has 6 N–H and O–H groups in total. The van der Waals surface area contributed by atoms with Crippen molar-refractivity contribution in [3.05, 3.63) is 65.2 Å². The molecule has 1 aromatic heterocycles. The summed E-state index contributed by atoms with van der Waals surface area (Å²) in [5.74, 6) is -8.06. The molecule has 4 rings (SSSR count). The van der Waals surface area contributed by atoms with Gasteiger partial charge in [-0.2, -0.15) is 13.8 Å². The molecule has 0 bridgehead atoms. The Labute approximate surface area is 250 Å². The van der Waals surface area contributed by atoms with Gasteiger partial charge in [0.2, 0.25) is 23.3 Å². The standard InChI is InChI=1S/C29H30F2N6O7/c1-3-41-29(40)19(9-10-21(32)39)43-24-22(30)27(42-17-6-4-5-16(13-17)26-35-11-12-37(26)2)36-28(23(24)31)44-20-14-15(25(33)34)7-8-18(20)38/h4-8,13-14,19,38H,3,9-12H2,1-2H3,(H2,32,39)(H3,33,34). The van der Waals surface area contributed by atoms with E-state index >= 15 is 8.78 Å². The number of primary amides is 1. The number of pyridine rings is 1. The van der Waals surface area contributed by atoms with Gasteiger partial charge in [0.25, 0.3) is 11.8 Å². The molecule has 1 unspecified atom stereocenters. The lowest BCUT2D eigenvalue weighted by molar-refractivity contribution is -0.152. The van der Waals surface area contributed by atoms with Crippen molar-refractivity contribution in [1.82, 2.24) is 9.88 Å². The number of ether oxygens (including phenoxy) is 4. The van der Waals surface area contributed by atoms with Crippen molar-refractivity contribution >= 4 is 23.5 Å². The Kier molecular flexibility index (Phi) is 9.77. The molecule has 13 nitrogen and oxygen atoms in total. The van der Waals surface area contributed by atoms with Crippen LogP contribution < -0.4 is 25.7 Å². The fourth-order valence-electron chi connectivity index (χ4n) is 4.12. The first-order valence-electron chi connectivity index (χ1n) is 13.4. The third-order valence-corrected chi connectivity index (χ3v) is 6.28. The summed E-state index contributed by atoms with van der Waals surface area (Å²) in [5.41, 5.74) is 11.5. The number of rotatable bonds is 13. The number of nitrogens with zero attached hydrogens (tertiary/aromatic N) is 3. The second-order valence-corrected chi connectivity index (χ2v) is 9.50. The monoisotopic (exact) mass is 612 g/mol. The average Bonchev–Trinajstić information content (AvgIpc) is 3.42. The Balaban J connectivity index is 1.79. The molecular weight excluding hydrogens is 582 g/mol. The quantitative estimate of drug-likeness (QED) is 0.126. The number of halogens is 2. The van der Waals surface area contributed by atoms with E-state index in [2.05, 4.69) is 9.98 Å². The number of nitrogens with one attached hydrogen (secondary N) is 1. The number of carbonyl (C=O) groups excluding carboxylic acids is 2. The van der Waals surface area contributed by atoms with E-state index in [0.29, 0.717) is 24.5 Å². The van der Waals surface area contributed by atoms with E-state index in [9.17, 15) is 14.7 Å². The average molecular weight is 613 g/mol. The van der Waals surface area contributed by atoms with E-state index in [1.807, 2.05) is 11.9 Å². The van der Waals surface area contributed by atoms with Gasteiger partial charge in [-0.1, -0.05) is 12.1 Å². The van der Waals surface area contributed by atoms with Crippen molar-refractivity contribution < 1.29 is 42.4 Å². The highest BCUT2D eigenvalue weighted by Crippen LogP contribution is 2.40. The van der Waals surface area contributed by atoms with E-state index in [1.54, 1.807) is 18.2 Å². The summed E-state index contributed by atoms with van der Waals surface area (Å²) in [6.07, 6.45) is -2.37. The number of hydrogen-bond acceptors (Lipinski definition) is 11. The largest absolute Gasteiger partial charge is 0.504 e. The van der Waals surface area contributed by atoms with Crippen LogP contribution in [0, 0.1) is 17.0 Å². The first kappa shape index (κ1) is 31.5. The molecule has 1 atom stereocenters. The fourth-order valence-corrected chi connectivity index (χ4v) is 4.12. The number of phenols is 1. The molecule has 3 aromatic rings. The number of carbonyl (C=O) groups is 2. The fraction of sp³-hybridized carbons (Fsp3) is 0.276. The Morgan fingerprint density at radius 1 is 1.11 bits per heavy atom. The topological polar surface area (TPSA) is 196 Å². The minimum atomic E-state index is -1.65. The van der Waals surface area contributed by atoms with E-state index in [0.717, 1.165) is 12.1 Å². The van der Waals surface area contributed by atoms with Gasteiger partial charge in [0.1, 0.15) is 17.4 Å². The van der Waals surface area contributed by atoms with E-state index in [1.165, 1.54) is 19.1 Å². The Morgan fingerprint density at radius 3 is 2.48 bits per heavy atom. The number of nitrogen functional groups attached to an aromatic ring is 1. The smallest absolute Gasteiger partial charge is 0.347 e. The minimum absolute atomic E-state index is 0.0815. The number of aromatic nitrogens is 1. The maximum Gasteiger partial charge on any atom is 0.347 e. The highest BCUT2D eigenvalue weighted by molar-refractivity contribution is 6.00. The molecule has 0 aliphatic carbocycles. The van der Waals surface area contributed by atoms with Gasteiger partial charge in [-0.05, 0) is 37.3 Å². The lowest BCUT2D eigenvalue weighted by Gasteiger charge is -2.20. The molecule has 1 aliphatic rings. The Hall–Kier alpha value is -5.47. The van der Waals surface area contributed by atoms with Gasteiger partial charge in [0, 0.05) is 37.6 Å². The molecule has 1 amide bonds. The van der Waals surface area contributed by atoms with Crippen LogP contribution in [0.2, 0.25) is 0 Å². The van der Waals surface area contributed by atoms with Gasteiger partial charge < -0.3 is 40.4 Å². The van der Waals surface area contributed by atoms with Crippen LogP contribution in [0.15, 0.2) is 47.5 Å². The number of hydrogen-bond donors (Lipinski definition) is 4. The SMILES string of the molecule is CCOC(=O)C(CCC(N)=O)Oc1c(F)c(Oc2cccc(C3=NCCN3C)c2)nc(Oc2cc(C(=N)N)ccc2O)c1F. The van der Waals surface area contributed by atoms with Gasteiger partial charge in [0.05, 0.1) is 13.2 Å². The highest BCUT2D eigenvalue weighted by atomic mass is 19.1. The predicted molar refractivity (Wildman–Crippen MR) is 153 cm³/mol. The normalized spacial score (nSPS) is 13.2. The van der Waals surface area contributed by atoms with Crippen LogP contribution in [-0.2, 0) is 14.3 Å². The second-order valence-electron chi connectivity index (χ2n) is 9.50. The number of benzene rings is 2. The minimum Gasteiger partial charge on any atom is -0.504 e. The molecule has 0 saturated carbocycles. The van der Waals surface area contributed by atoms with Gasteiger partial charge in [-0.25, -0.2) is 4.79 Å². The van der Waals surface area contributed by atoms with E-state index in [-0.39, 0.29) is 42.3 Å². The predicted octanol–water partition coefficient (Wildman–Crippen LogP) is 3.20. The molecular formula is C29H30F2N6O7. The zero-order valence-electron chi connectivity index (χ0n) is 23.8. The lowest BCUT2D eigenvalue weighted by Crippen LogP contribution is -2.31. The number of phenolic OH excluding ortho intramolecular Hbond substituents is 1. The third-order valence-electron chi connectivity index (χ3n) is 6.28. The maximum atomic E-state index is 15.9. The van der Waals surface area contributed by atoms with Crippen LogP contribution in [0.25, 0.3) is 0 Å². The molecule has 0 fully saturated rings. The first-order valence-corrected chi connectivity index (χ1v) is 13.4. The van der Waals surface area contributed by atoms with E-state index in [4.69, 9.17) is 35.8 Å². The number of amides is 1. The molecule has 232 valence electrons. The third kappa shape index (κ3) is 7.29. The Bertz CT molecular complexity index is 1620. The number of amidine groups is 2. The van der Waals surface area contributed by atoms with Crippen molar-refractivity contribution in [3.8, 4) is 34.8 Å². The first-order chi connectivity index (χ1) is 21.0. The zero-order chi connectivity index (χ0) is 32.0. The van der Waals surface area contributed by atoms with Crippen LogP contribution in [0.5, 0.6) is 34.8 Å². The molecule has 1 aliphatic heterocycles. The maximum absolute atomic E-state index is 15.9. The molecule has 15 heteroatoms. The molecule has 0 saturated heterocycles. The summed E-state index contributed by atoms with van der Waals surface area (Å²) < 4.78 is 53.3. The Morgan fingerprint density at radius 2 is 1.84 bits per heavy atom. The van der Waals surface area contributed by atoms with Gasteiger partial charge in [-0.15, -0.1) is 0 Å². The lowest BCUT2D eigenvalue weighted by atomic mass is 10.2. The van der Waals surface area contributed by atoms with Crippen molar-refractivity contribution in [3.63, 3.8) is 0 Å². The molecule has 2 heterocycles. The van der Waals surface area contributed by atoms with Crippen LogP contribution in [0.3, 0.4) is 0 Å². The highest BCUT2D eigenvalue weighted by Gasteiger charge is 2.31. The summed E-state index contributed by atoms with van der Waals surface area (Å²) in [6.45, 7) is 2.74.